The van der Waals surface area contributed by atoms with E-state index in [1.165, 1.54) is 6.42 Å². The highest BCUT2D eigenvalue weighted by Gasteiger charge is 2.26. The lowest BCUT2D eigenvalue weighted by atomic mass is 9.97. The molecule has 104 valence electrons. The zero-order valence-electron chi connectivity index (χ0n) is 11.6. The van der Waals surface area contributed by atoms with Crippen molar-refractivity contribution in [2.45, 2.75) is 19.8 Å². The number of rotatable bonds is 4. The van der Waals surface area contributed by atoms with Gasteiger partial charge in [0.05, 0.1) is 4.92 Å². The summed E-state index contributed by atoms with van der Waals surface area (Å²) in [6, 6.07) is 5.57. The number of hydrogen-bond donors (Lipinski definition) is 1. The fraction of sp³-hybridized carbons (Fsp3) is 0.571. The van der Waals surface area contributed by atoms with Gasteiger partial charge in [0.15, 0.2) is 0 Å². The SMILES string of the molecule is CNCC1CCCN(c2cccc(C)c2[N+](=O)[O-])C1. The summed E-state index contributed by atoms with van der Waals surface area (Å²) in [6.45, 7) is 4.57. The van der Waals surface area contributed by atoms with Gasteiger partial charge in [-0.1, -0.05) is 12.1 Å². The summed E-state index contributed by atoms with van der Waals surface area (Å²) in [4.78, 5) is 13.2. The summed E-state index contributed by atoms with van der Waals surface area (Å²) in [7, 11) is 1.95. The van der Waals surface area contributed by atoms with Crippen LogP contribution in [-0.2, 0) is 0 Å². The number of benzene rings is 1. The molecule has 1 aliphatic rings. The van der Waals surface area contributed by atoms with Gasteiger partial charge in [-0.2, -0.15) is 0 Å². The van der Waals surface area contributed by atoms with Gasteiger partial charge in [0.1, 0.15) is 5.69 Å². The van der Waals surface area contributed by atoms with E-state index in [4.69, 9.17) is 0 Å². The Labute approximate surface area is 113 Å². The third-order valence-corrected chi connectivity index (χ3v) is 3.75. The third-order valence-electron chi connectivity index (χ3n) is 3.75. The van der Waals surface area contributed by atoms with Crippen molar-refractivity contribution in [2.75, 3.05) is 31.6 Å². The highest BCUT2D eigenvalue weighted by atomic mass is 16.6. The first-order valence-corrected chi connectivity index (χ1v) is 6.77. The van der Waals surface area contributed by atoms with Crippen molar-refractivity contribution in [3.05, 3.63) is 33.9 Å². The summed E-state index contributed by atoms with van der Waals surface area (Å²) in [5, 5.41) is 14.5. The summed E-state index contributed by atoms with van der Waals surface area (Å²) in [5.74, 6) is 0.568. The van der Waals surface area contributed by atoms with Crippen molar-refractivity contribution in [3.63, 3.8) is 0 Å². The standard InChI is InChI=1S/C14H21N3O2/c1-11-5-3-7-13(14(11)17(18)19)16-8-4-6-12(10-16)9-15-2/h3,5,7,12,15H,4,6,8-10H2,1-2H3. The Balaban J connectivity index is 2.26. The minimum atomic E-state index is -0.258. The van der Waals surface area contributed by atoms with Crippen LogP contribution in [0.5, 0.6) is 0 Å². The molecular formula is C14H21N3O2. The van der Waals surface area contributed by atoms with Crippen molar-refractivity contribution in [1.29, 1.82) is 0 Å². The second-order valence-corrected chi connectivity index (χ2v) is 5.21. The van der Waals surface area contributed by atoms with E-state index < -0.39 is 0 Å². The number of nitro benzene ring substituents is 1. The second kappa shape index (κ2) is 6.02. The van der Waals surface area contributed by atoms with Gasteiger partial charge in [0.2, 0.25) is 0 Å². The minimum Gasteiger partial charge on any atom is -0.366 e. The smallest absolute Gasteiger partial charge is 0.295 e. The van der Waals surface area contributed by atoms with Crippen LogP contribution in [0.1, 0.15) is 18.4 Å². The quantitative estimate of drug-likeness (QED) is 0.669. The van der Waals surface area contributed by atoms with Crippen LogP contribution in [0.2, 0.25) is 0 Å². The molecule has 2 rings (SSSR count). The van der Waals surface area contributed by atoms with E-state index in [2.05, 4.69) is 10.2 Å². The Bertz CT molecular complexity index is 460. The van der Waals surface area contributed by atoms with E-state index in [-0.39, 0.29) is 10.6 Å². The fourth-order valence-electron chi connectivity index (χ4n) is 2.88. The lowest BCUT2D eigenvalue weighted by Crippen LogP contribution is -2.39. The van der Waals surface area contributed by atoms with Gasteiger partial charge in [-0.15, -0.1) is 0 Å². The number of para-hydroxylation sites is 1. The van der Waals surface area contributed by atoms with Crippen molar-refractivity contribution < 1.29 is 4.92 Å². The number of nitrogens with one attached hydrogen (secondary N) is 1. The molecule has 1 fully saturated rings. The predicted molar refractivity (Wildman–Crippen MR) is 76.7 cm³/mol. The number of hydrogen-bond acceptors (Lipinski definition) is 4. The predicted octanol–water partition coefficient (Wildman–Crippen LogP) is 2.34. The van der Waals surface area contributed by atoms with Crippen molar-refractivity contribution in [2.24, 2.45) is 5.92 Å². The number of anilines is 1. The Morgan fingerprint density at radius 3 is 3.00 bits per heavy atom. The van der Waals surface area contributed by atoms with Crippen LogP contribution in [0, 0.1) is 23.0 Å². The maximum absolute atomic E-state index is 11.3. The molecule has 0 spiro atoms. The van der Waals surface area contributed by atoms with Gasteiger partial charge in [0.25, 0.3) is 5.69 Å². The Kier molecular flexibility index (Phi) is 4.37. The monoisotopic (exact) mass is 263 g/mol. The van der Waals surface area contributed by atoms with Gasteiger partial charge in [-0.05, 0) is 45.3 Å². The molecule has 5 nitrogen and oxygen atoms in total. The molecule has 1 aliphatic heterocycles. The number of nitro groups is 1. The van der Waals surface area contributed by atoms with Crippen LogP contribution in [0.3, 0.4) is 0 Å². The average Bonchev–Trinajstić information content (AvgIpc) is 2.38. The van der Waals surface area contributed by atoms with E-state index in [0.717, 1.165) is 37.3 Å². The van der Waals surface area contributed by atoms with Crippen LogP contribution in [0.4, 0.5) is 11.4 Å². The molecule has 0 radical (unpaired) electrons. The Morgan fingerprint density at radius 2 is 2.32 bits per heavy atom. The van der Waals surface area contributed by atoms with Crippen LogP contribution in [0.25, 0.3) is 0 Å². The van der Waals surface area contributed by atoms with Gasteiger partial charge >= 0.3 is 0 Å². The molecule has 1 unspecified atom stereocenters. The van der Waals surface area contributed by atoms with Gasteiger partial charge in [-0.25, -0.2) is 0 Å². The summed E-state index contributed by atoms with van der Waals surface area (Å²) in [5.41, 5.74) is 1.76. The average molecular weight is 263 g/mol. The molecule has 1 heterocycles. The molecule has 1 aromatic carbocycles. The minimum absolute atomic E-state index is 0.257. The lowest BCUT2D eigenvalue weighted by molar-refractivity contribution is -0.384. The summed E-state index contributed by atoms with van der Waals surface area (Å²) >= 11 is 0. The van der Waals surface area contributed by atoms with Crippen molar-refractivity contribution in [3.8, 4) is 0 Å². The van der Waals surface area contributed by atoms with Crippen LogP contribution in [-0.4, -0.2) is 31.6 Å². The molecule has 0 aliphatic carbocycles. The molecule has 1 N–H and O–H groups in total. The Hall–Kier alpha value is -1.62. The lowest BCUT2D eigenvalue weighted by Gasteiger charge is -2.34. The zero-order valence-corrected chi connectivity index (χ0v) is 11.6. The summed E-state index contributed by atoms with van der Waals surface area (Å²) in [6.07, 6.45) is 2.29. The molecule has 19 heavy (non-hydrogen) atoms. The number of piperidine rings is 1. The zero-order chi connectivity index (χ0) is 13.8. The molecule has 1 atom stereocenters. The maximum Gasteiger partial charge on any atom is 0.295 e. The van der Waals surface area contributed by atoms with Crippen LogP contribution in [0.15, 0.2) is 18.2 Å². The second-order valence-electron chi connectivity index (χ2n) is 5.21. The highest BCUT2D eigenvalue weighted by molar-refractivity contribution is 5.66. The van der Waals surface area contributed by atoms with E-state index >= 15 is 0 Å². The number of aryl methyl sites for hydroxylation is 1. The normalized spacial score (nSPS) is 19.5. The molecule has 0 amide bonds. The molecule has 1 aromatic rings. The van der Waals surface area contributed by atoms with Crippen molar-refractivity contribution >= 4 is 11.4 Å². The molecule has 0 bridgehead atoms. The van der Waals surface area contributed by atoms with Crippen LogP contribution >= 0.6 is 0 Å². The van der Waals surface area contributed by atoms with Gasteiger partial charge in [0, 0.05) is 18.7 Å². The molecule has 0 saturated carbocycles. The maximum atomic E-state index is 11.3. The Morgan fingerprint density at radius 1 is 1.53 bits per heavy atom. The van der Waals surface area contributed by atoms with Crippen LogP contribution < -0.4 is 10.2 Å². The molecule has 0 aromatic heterocycles. The van der Waals surface area contributed by atoms with E-state index in [1.54, 1.807) is 13.0 Å². The molecule has 1 saturated heterocycles. The number of nitrogens with zero attached hydrogens (tertiary/aromatic N) is 2. The van der Waals surface area contributed by atoms with E-state index in [9.17, 15) is 10.1 Å². The van der Waals surface area contributed by atoms with Gasteiger partial charge in [-0.3, -0.25) is 10.1 Å². The third kappa shape index (κ3) is 3.04. The van der Waals surface area contributed by atoms with E-state index in [1.807, 2.05) is 19.2 Å². The largest absolute Gasteiger partial charge is 0.366 e. The molecule has 5 heteroatoms. The van der Waals surface area contributed by atoms with Gasteiger partial charge < -0.3 is 10.2 Å². The first kappa shape index (κ1) is 13.8. The molecular weight excluding hydrogens is 242 g/mol. The summed E-state index contributed by atoms with van der Waals surface area (Å²) < 4.78 is 0. The first-order chi connectivity index (χ1) is 9.13. The highest BCUT2D eigenvalue weighted by Crippen LogP contribution is 2.33. The fourth-order valence-corrected chi connectivity index (χ4v) is 2.88. The van der Waals surface area contributed by atoms with E-state index in [0.29, 0.717) is 5.92 Å². The first-order valence-electron chi connectivity index (χ1n) is 6.77. The topological polar surface area (TPSA) is 58.4 Å². The van der Waals surface area contributed by atoms with Crippen molar-refractivity contribution in [1.82, 2.24) is 5.32 Å².